The lowest BCUT2D eigenvalue weighted by atomic mass is 10.1. The first-order chi connectivity index (χ1) is 12.5. The SMILES string of the molecule is FC(F)(F)c1cccc(CN2CCCCNCCOc3ccccc32)c1. The van der Waals surface area contributed by atoms with E-state index in [0.29, 0.717) is 18.7 Å². The van der Waals surface area contributed by atoms with Gasteiger partial charge in [-0.25, -0.2) is 0 Å². The molecule has 26 heavy (non-hydrogen) atoms. The molecule has 0 saturated heterocycles. The molecule has 2 aromatic rings. The van der Waals surface area contributed by atoms with E-state index in [1.807, 2.05) is 24.3 Å². The molecule has 0 saturated carbocycles. The molecule has 2 aromatic carbocycles. The van der Waals surface area contributed by atoms with E-state index >= 15 is 0 Å². The first kappa shape index (κ1) is 18.6. The van der Waals surface area contributed by atoms with Crippen LogP contribution in [0.5, 0.6) is 5.75 Å². The number of rotatable bonds is 2. The molecule has 1 aliphatic heterocycles. The average Bonchev–Trinajstić information content (AvgIpc) is 2.66. The van der Waals surface area contributed by atoms with Crippen molar-refractivity contribution < 1.29 is 17.9 Å². The highest BCUT2D eigenvalue weighted by Crippen LogP contribution is 2.32. The van der Waals surface area contributed by atoms with Crippen molar-refractivity contribution in [3.8, 4) is 5.75 Å². The Morgan fingerprint density at radius 1 is 1.00 bits per heavy atom. The van der Waals surface area contributed by atoms with Crippen LogP contribution >= 0.6 is 0 Å². The summed E-state index contributed by atoms with van der Waals surface area (Å²) in [5.41, 5.74) is 0.955. The third kappa shape index (κ3) is 4.91. The summed E-state index contributed by atoms with van der Waals surface area (Å²) in [7, 11) is 0. The van der Waals surface area contributed by atoms with Gasteiger partial charge in [0, 0.05) is 19.6 Å². The number of halogens is 3. The Hall–Kier alpha value is -2.21. The second-order valence-corrected chi connectivity index (χ2v) is 6.39. The van der Waals surface area contributed by atoms with Gasteiger partial charge in [0.1, 0.15) is 12.4 Å². The zero-order valence-corrected chi connectivity index (χ0v) is 14.6. The van der Waals surface area contributed by atoms with Crippen LogP contribution in [0.4, 0.5) is 18.9 Å². The molecular formula is C20H23F3N2O. The van der Waals surface area contributed by atoms with Crippen LogP contribution in [0.25, 0.3) is 0 Å². The molecule has 0 aliphatic carbocycles. The average molecular weight is 364 g/mol. The van der Waals surface area contributed by atoms with Crippen molar-refractivity contribution >= 4 is 5.69 Å². The van der Waals surface area contributed by atoms with Crippen molar-refractivity contribution in [2.45, 2.75) is 25.6 Å². The van der Waals surface area contributed by atoms with Gasteiger partial charge in [0.15, 0.2) is 0 Å². The molecule has 0 bridgehead atoms. The summed E-state index contributed by atoms with van der Waals surface area (Å²) in [6, 6.07) is 13.3. The predicted molar refractivity (Wildman–Crippen MR) is 96.5 cm³/mol. The highest BCUT2D eigenvalue weighted by atomic mass is 19.4. The predicted octanol–water partition coefficient (Wildman–Crippen LogP) is 4.47. The number of fused-ring (bicyclic) bond motifs is 1. The monoisotopic (exact) mass is 364 g/mol. The Morgan fingerprint density at radius 3 is 2.69 bits per heavy atom. The maximum atomic E-state index is 13.0. The minimum absolute atomic E-state index is 0.414. The lowest BCUT2D eigenvalue weighted by Crippen LogP contribution is -2.25. The first-order valence-corrected chi connectivity index (χ1v) is 8.88. The Morgan fingerprint density at radius 2 is 1.85 bits per heavy atom. The minimum atomic E-state index is -4.33. The molecule has 140 valence electrons. The van der Waals surface area contributed by atoms with Gasteiger partial charge in [0.2, 0.25) is 0 Å². The van der Waals surface area contributed by atoms with Crippen molar-refractivity contribution in [3.05, 3.63) is 59.7 Å². The number of anilines is 1. The van der Waals surface area contributed by atoms with Gasteiger partial charge in [-0.3, -0.25) is 0 Å². The molecule has 3 nitrogen and oxygen atoms in total. The molecule has 0 aromatic heterocycles. The zero-order valence-electron chi connectivity index (χ0n) is 14.6. The molecule has 6 heteroatoms. The summed E-state index contributed by atoms with van der Waals surface area (Å²) in [4.78, 5) is 2.11. The van der Waals surface area contributed by atoms with E-state index in [9.17, 15) is 13.2 Å². The van der Waals surface area contributed by atoms with Crippen molar-refractivity contribution in [1.29, 1.82) is 0 Å². The van der Waals surface area contributed by atoms with Crippen LogP contribution in [0.3, 0.4) is 0 Å². The largest absolute Gasteiger partial charge is 0.490 e. The molecule has 1 aliphatic rings. The van der Waals surface area contributed by atoms with Gasteiger partial charge in [0.05, 0.1) is 11.3 Å². The van der Waals surface area contributed by atoms with E-state index in [2.05, 4.69) is 10.2 Å². The fourth-order valence-corrected chi connectivity index (χ4v) is 3.10. The fraction of sp³-hybridized carbons (Fsp3) is 0.400. The smallest absolute Gasteiger partial charge is 0.416 e. The van der Waals surface area contributed by atoms with E-state index in [4.69, 9.17) is 4.74 Å². The number of hydrogen-bond acceptors (Lipinski definition) is 3. The molecule has 0 fully saturated rings. The van der Waals surface area contributed by atoms with E-state index in [1.165, 1.54) is 12.1 Å². The highest BCUT2D eigenvalue weighted by Gasteiger charge is 2.30. The van der Waals surface area contributed by atoms with Crippen molar-refractivity contribution in [2.24, 2.45) is 0 Å². The van der Waals surface area contributed by atoms with Gasteiger partial charge < -0.3 is 15.0 Å². The highest BCUT2D eigenvalue weighted by molar-refractivity contribution is 5.58. The van der Waals surface area contributed by atoms with Gasteiger partial charge in [-0.2, -0.15) is 13.2 Å². The second kappa shape index (κ2) is 8.45. The molecule has 3 rings (SSSR count). The van der Waals surface area contributed by atoms with Gasteiger partial charge in [-0.15, -0.1) is 0 Å². The molecule has 0 spiro atoms. The fourth-order valence-electron chi connectivity index (χ4n) is 3.10. The van der Waals surface area contributed by atoms with Crippen LogP contribution < -0.4 is 15.0 Å². The Bertz CT molecular complexity index is 718. The van der Waals surface area contributed by atoms with Crippen LogP contribution in [-0.4, -0.2) is 26.2 Å². The number of nitrogens with zero attached hydrogens (tertiary/aromatic N) is 1. The number of hydrogen-bond donors (Lipinski definition) is 1. The molecular weight excluding hydrogens is 341 g/mol. The molecule has 0 amide bonds. The van der Waals surface area contributed by atoms with Crippen LogP contribution in [-0.2, 0) is 12.7 Å². The maximum absolute atomic E-state index is 13.0. The zero-order chi connectivity index (χ0) is 18.4. The van der Waals surface area contributed by atoms with Gasteiger partial charge in [-0.05, 0) is 49.2 Å². The summed E-state index contributed by atoms with van der Waals surface area (Å²) in [5.74, 6) is 0.767. The first-order valence-electron chi connectivity index (χ1n) is 8.88. The summed E-state index contributed by atoms with van der Waals surface area (Å²) >= 11 is 0. The van der Waals surface area contributed by atoms with Crippen molar-refractivity contribution in [2.75, 3.05) is 31.1 Å². The second-order valence-electron chi connectivity index (χ2n) is 6.39. The van der Waals surface area contributed by atoms with Gasteiger partial charge >= 0.3 is 6.18 Å². The standard InChI is InChI=1S/C20H23F3N2O/c21-20(22,23)17-7-5-6-16(14-17)15-25-12-4-3-10-24-11-13-26-19-9-2-1-8-18(19)25/h1-2,5-9,14,24H,3-4,10-13,15H2. The Balaban J connectivity index is 1.87. The lowest BCUT2D eigenvalue weighted by molar-refractivity contribution is -0.137. The van der Waals surface area contributed by atoms with Crippen molar-refractivity contribution in [1.82, 2.24) is 5.32 Å². The van der Waals surface area contributed by atoms with Gasteiger partial charge in [-0.1, -0.05) is 24.3 Å². The Labute approximate surface area is 151 Å². The third-order valence-electron chi connectivity index (χ3n) is 4.40. The van der Waals surface area contributed by atoms with Crippen LogP contribution in [0.2, 0.25) is 0 Å². The van der Waals surface area contributed by atoms with E-state index in [1.54, 1.807) is 6.07 Å². The molecule has 1 N–H and O–H groups in total. The van der Waals surface area contributed by atoms with Crippen LogP contribution in [0.15, 0.2) is 48.5 Å². The minimum Gasteiger partial charge on any atom is -0.490 e. The quantitative estimate of drug-likeness (QED) is 0.851. The molecule has 1 heterocycles. The Kier molecular flexibility index (Phi) is 6.04. The lowest BCUT2D eigenvalue weighted by Gasteiger charge is -2.27. The van der Waals surface area contributed by atoms with E-state index in [0.717, 1.165) is 50.0 Å². The summed E-state index contributed by atoms with van der Waals surface area (Å²) in [5, 5.41) is 3.33. The molecule has 0 unspecified atom stereocenters. The normalized spacial score (nSPS) is 16.3. The molecule has 0 atom stereocenters. The summed E-state index contributed by atoms with van der Waals surface area (Å²) < 4.78 is 44.9. The maximum Gasteiger partial charge on any atom is 0.416 e. The summed E-state index contributed by atoms with van der Waals surface area (Å²) in [6.07, 6.45) is -2.35. The van der Waals surface area contributed by atoms with Crippen LogP contribution in [0.1, 0.15) is 24.0 Å². The topological polar surface area (TPSA) is 24.5 Å². The van der Waals surface area contributed by atoms with E-state index < -0.39 is 11.7 Å². The summed E-state index contributed by atoms with van der Waals surface area (Å²) in [6.45, 7) is 3.43. The number of nitrogens with one attached hydrogen (secondary N) is 1. The number of ether oxygens (including phenoxy) is 1. The van der Waals surface area contributed by atoms with Gasteiger partial charge in [0.25, 0.3) is 0 Å². The van der Waals surface area contributed by atoms with Crippen LogP contribution in [0, 0.1) is 0 Å². The number of alkyl halides is 3. The number of para-hydroxylation sites is 2. The van der Waals surface area contributed by atoms with Crippen molar-refractivity contribution in [3.63, 3.8) is 0 Å². The van der Waals surface area contributed by atoms with E-state index in [-0.39, 0.29) is 0 Å². The number of benzene rings is 2. The molecule has 0 radical (unpaired) electrons. The third-order valence-corrected chi connectivity index (χ3v) is 4.40.